The molecule has 8 nitrogen and oxygen atoms in total. The number of non-ortho nitro benzene ring substituents is 1. The van der Waals surface area contributed by atoms with Crippen LogP contribution >= 0.6 is 0 Å². The number of allylic oxidation sites excluding steroid dienone is 1. The van der Waals surface area contributed by atoms with Gasteiger partial charge in [0, 0.05) is 23.8 Å². The summed E-state index contributed by atoms with van der Waals surface area (Å²) in [7, 11) is 0. The van der Waals surface area contributed by atoms with Gasteiger partial charge < -0.3 is 15.2 Å². The highest BCUT2D eigenvalue weighted by Gasteiger charge is 2.32. The third-order valence-corrected chi connectivity index (χ3v) is 4.90. The minimum atomic E-state index is -0.703. The lowest BCUT2D eigenvalue weighted by Gasteiger charge is -2.26. The fourth-order valence-electron chi connectivity index (χ4n) is 3.41. The quantitative estimate of drug-likeness (QED) is 0.284. The summed E-state index contributed by atoms with van der Waals surface area (Å²) in [6, 6.07) is 17.3. The first-order chi connectivity index (χ1) is 15.4. The second-order valence-electron chi connectivity index (χ2n) is 6.87. The van der Waals surface area contributed by atoms with E-state index in [-0.39, 0.29) is 34.2 Å². The van der Waals surface area contributed by atoms with Crippen molar-refractivity contribution in [2.45, 2.75) is 5.92 Å². The van der Waals surface area contributed by atoms with Gasteiger partial charge in [-0.25, -0.2) is 9.18 Å². The maximum atomic E-state index is 13.1. The molecule has 9 heteroatoms. The number of ether oxygens (including phenoxy) is 2. The van der Waals surface area contributed by atoms with E-state index in [4.69, 9.17) is 15.2 Å². The van der Waals surface area contributed by atoms with Crippen LogP contribution < -0.4 is 15.2 Å². The molecule has 158 valence electrons. The molecule has 1 heterocycles. The Balaban J connectivity index is 1.71. The van der Waals surface area contributed by atoms with Crippen molar-refractivity contribution in [1.29, 1.82) is 5.26 Å². The number of halogens is 1. The molecule has 0 spiro atoms. The minimum absolute atomic E-state index is 0.106. The van der Waals surface area contributed by atoms with Gasteiger partial charge >= 0.3 is 5.97 Å². The molecule has 32 heavy (non-hydrogen) atoms. The molecule has 0 fully saturated rings. The lowest BCUT2D eigenvalue weighted by Crippen LogP contribution is -2.21. The number of benzene rings is 3. The highest BCUT2D eigenvalue weighted by molar-refractivity contribution is 5.91. The number of fused-ring (bicyclic) bond motifs is 1. The lowest BCUT2D eigenvalue weighted by atomic mass is 9.83. The number of carbonyl (C=O) groups is 1. The van der Waals surface area contributed by atoms with Gasteiger partial charge in [-0.3, -0.25) is 10.1 Å². The molecule has 0 aliphatic carbocycles. The average Bonchev–Trinajstić information content (AvgIpc) is 2.78. The Morgan fingerprint density at radius 2 is 1.91 bits per heavy atom. The third-order valence-electron chi connectivity index (χ3n) is 4.90. The van der Waals surface area contributed by atoms with Crippen LogP contribution in [-0.2, 0) is 0 Å². The zero-order valence-electron chi connectivity index (χ0n) is 16.3. The van der Waals surface area contributed by atoms with Gasteiger partial charge in [-0.1, -0.05) is 18.2 Å². The van der Waals surface area contributed by atoms with Crippen LogP contribution in [0.3, 0.4) is 0 Å². The predicted octanol–water partition coefficient (Wildman–Crippen LogP) is 4.17. The van der Waals surface area contributed by atoms with Crippen molar-refractivity contribution in [3.8, 4) is 17.6 Å². The topological polar surface area (TPSA) is 128 Å². The third kappa shape index (κ3) is 3.85. The van der Waals surface area contributed by atoms with E-state index in [1.54, 1.807) is 12.1 Å². The van der Waals surface area contributed by atoms with Crippen LogP contribution in [-0.4, -0.2) is 10.9 Å². The Labute approximate surface area is 181 Å². The summed E-state index contributed by atoms with van der Waals surface area (Å²) in [6.07, 6.45) is 0. The predicted molar refractivity (Wildman–Crippen MR) is 110 cm³/mol. The smallest absolute Gasteiger partial charge is 0.343 e. The molecule has 1 aliphatic heterocycles. The van der Waals surface area contributed by atoms with E-state index < -0.39 is 22.6 Å². The Morgan fingerprint density at radius 1 is 1.16 bits per heavy atom. The monoisotopic (exact) mass is 431 g/mol. The Hall–Kier alpha value is -4.71. The first-order valence-electron chi connectivity index (χ1n) is 9.31. The van der Waals surface area contributed by atoms with Gasteiger partial charge in [0.25, 0.3) is 5.69 Å². The highest BCUT2D eigenvalue weighted by atomic mass is 19.1. The molecular weight excluding hydrogens is 417 g/mol. The van der Waals surface area contributed by atoms with Crippen LogP contribution in [0, 0.1) is 27.3 Å². The molecule has 4 rings (SSSR count). The SMILES string of the molecule is N#CC1=C(N)Oc2cc(OC(=O)c3ccc(F)cc3)ccc2C1c1cccc([N+](=O)[O-])c1. The zero-order chi connectivity index (χ0) is 22.8. The van der Waals surface area contributed by atoms with Gasteiger partial charge in [-0.05, 0) is 35.9 Å². The van der Waals surface area contributed by atoms with Gasteiger partial charge in [0.05, 0.1) is 16.4 Å². The number of esters is 1. The van der Waals surface area contributed by atoms with E-state index >= 15 is 0 Å². The van der Waals surface area contributed by atoms with E-state index in [9.17, 15) is 24.6 Å². The summed E-state index contributed by atoms with van der Waals surface area (Å²) in [5.41, 5.74) is 7.09. The highest BCUT2D eigenvalue weighted by Crippen LogP contribution is 2.44. The fourth-order valence-corrected chi connectivity index (χ4v) is 3.41. The number of nitrogens with zero attached hydrogens (tertiary/aromatic N) is 2. The number of nitriles is 1. The molecular formula is C23H14FN3O5. The van der Waals surface area contributed by atoms with Crippen LogP contribution in [0.25, 0.3) is 0 Å². The molecule has 3 aromatic carbocycles. The molecule has 0 amide bonds. The molecule has 0 saturated carbocycles. The van der Waals surface area contributed by atoms with Crippen molar-refractivity contribution < 1.29 is 23.6 Å². The van der Waals surface area contributed by atoms with E-state index in [1.165, 1.54) is 42.5 Å². The van der Waals surface area contributed by atoms with Crippen molar-refractivity contribution in [3.05, 3.63) is 111 Å². The summed E-state index contributed by atoms with van der Waals surface area (Å²) in [5.74, 6) is -1.65. The normalized spacial score (nSPS) is 14.7. The molecule has 2 N–H and O–H groups in total. The number of hydrogen-bond acceptors (Lipinski definition) is 7. The Kier molecular flexibility index (Phi) is 5.27. The summed E-state index contributed by atoms with van der Waals surface area (Å²) in [4.78, 5) is 23.0. The van der Waals surface area contributed by atoms with Crippen molar-refractivity contribution in [1.82, 2.24) is 0 Å². The van der Waals surface area contributed by atoms with Gasteiger partial charge in [-0.2, -0.15) is 5.26 Å². The number of nitro groups is 1. The fraction of sp³-hybridized carbons (Fsp3) is 0.0435. The average molecular weight is 431 g/mol. The Morgan fingerprint density at radius 3 is 2.59 bits per heavy atom. The molecule has 0 saturated heterocycles. The molecule has 1 atom stereocenters. The molecule has 0 aromatic heterocycles. The maximum Gasteiger partial charge on any atom is 0.343 e. The lowest BCUT2D eigenvalue weighted by molar-refractivity contribution is -0.384. The van der Waals surface area contributed by atoms with Gasteiger partial charge in [0.2, 0.25) is 5.88 Å². The summed E-state index contributed by atoms with van der Waals surface area (Å²) >= 11 is 0. The maximum absolute atomic E-state index is 13.1. The summed E-state index contributed by atoms with van der Waals surface area (Å²) in [5, 5.41) is 20.8. The van der Waals surface area contributed by atoms with Gasteiger partial charge in [-0.15, -0.1) is 0 Å². The standard InChI is InChI=1S/C23H14FN3O5/c24-15-6-4-13(5-7-15)23(28)31-17-8-9-18-20(11-17)32-22(26)19(12-25)21(18)14-2-1-3-16(10-14)27(29)30/h1-11,21H,26H2. The van der Waals surface area contributed by atoms with Crippen LogP contribution in [0.2, 0.25) is 0 Å². The minimum Gasteiger partial charge on any atom is -0.440 e. The van der Waals surface area contributed by atoms with Crippen LogP contribution in [0.1, 0.15) is 27.4 Å². The molecule has 0 bridgehead atoms. The van der Waals surface area contributed by atoms with E-state index in [0.29, 0.717) is 11.1 Å². The van der Waals surface area contributed by atoms with Crippen LogP contribution in [0.15, 0.2) is 78.2 Å². The van der Waals surface area contributed by atoms with Crippen LogP contribution in [0.5, 0.6) is 11.5 Å². The van der Waals surface area contributed by atoms with Crippen molar-refractivity contribution in [3.63, 3.8) is 0 Å². The van der Waals surface area contributed by atoms with Crippen LogP contribution in [0.4, 0.5) is 10.1 Å². The molecule has 3 aromatic rings. The van der Waals surface area contributed by atoms with E-state index in [0.717, 1.165) is 12.1 Å². The van der Waals surface area contributed by atoms with Crippen molar-refractivity contribution >= 4 is 11.7 Å². The second kappa shape index (κ2) is 8.20. The molecule has 1 unspecified atom stereocenters. The van der Waals surface area contributed by atoms with E-state index in [1.807, 2.05) is 6.07 Å². The second-order valence-corrected chi connectivity index (χ2v) is 6.87. The number of rotatable bonds is 4. The van der Waals surface area contributed by atoms with Crippen molar-refractivity contribution in [2.24, 2.45) is 5.73 Å². The summed E-state index contributed by atoms with van der Waals surface area (Å²) < 4.78 is 24.0. The van der Waals surface area contributed by atoms with E-state index in [2.05, 4.69) is 0 Å². The zero-order valence-corrected chi connectivity index (χ0v) is 16.3. The van der Waals surface area contributed by atoms with Gasteiger partial charge in [0.15, 0.2) is 0 Å². The number of hydrogen-bond donors (Lipinski definition) is 1. The Bertz CT molecular complexity index is 1310. The number of nitro benzene ring substituents is 1. The number of nitrogens with two attached hydrogens (primary N) is 1. The number of carbonyl (C=O) groups excluding carboxylic acids is 1. The molecule has 0 radical (unpaired) electrons. The first kappa shape index (κ1) is 20.6. The van der Waals surface area contributed by atoms with Crippen molar-refractivity contribution in [2.75, 3.05) is 0 Å². The summed E-state index contributed by atoms with van der Waals surface area (Å²) in [6.45, 7) is 0. The molecule has 1 aliphatic rings. The largest absolute Gasteiger partial charge is 0.440 e. The first-order valence-corrected chi connectivity index (χ1v) is 9.31. The van der Waals surface area contributed by atoms with Gasteiger partial charge in [0.1, 0.15) is 29.0 Å².